The Morgan fingerprint density at radius 2 is 1.77 bits per heavy atom. The highest BCUT2D eigenvalue weighted by atomic mass is 19.2. The maximum atomic E-state index is 13.2. The van der Waals surface area contributed by atoms with Crippen LogP contribution in [0.25, 0.3) is 0 Å². The first-order chi connectivity index (χ1) is 12.5. The number of benzene rings is 1. The summed E-state index contributed by atoms with van der Waals surface area (Å²) in [5.74, 6) is -1.82. The maximum Gasteiger partial charge on any atom is 0.258 e. The van der Waals surface area contributed by atoms with Crippen molar-refractivity contribution in [3.05, 3.63) is 88.9 Å². The molecular weight excluding hydrogens is 340 g/mol. The van der Waals surface area contributed by atoms with Gasteiger partial charge >= 0.3 is 0 Å². The molecule has 3 aromatic rings. The quantitative estimate of drug-likeness (QED) is 0.738. The lowest BCUT2D eigenvalue weighted by Crippen LogP contribution is -2.13. The highest BCUT2D eigenvalue weighted by Crippen LogP contribution is 2.15. The topological polar surface area (TPSA) is 75.1 Å². The molecule has 0 atom stereocenters. The van der Waals surface area contributed by atoms with Crippen LogP contribution in [0.3, 0.4) is 0 Å². The molecule has 7 heteroatoms. The number of aliphatic hydroxyl groups is 1. The molecule has 2 heterocycles. The average Bonchev–Trinajstić information content (AvgIpc) is 2.66. The number of carbonyl (C=O) groups is 1. The fourth-order valence-corrected chi connectivity index (χ4v) is 2.38. The summed E-state index contributed by atoms with van der Waals surface area (Å²) in [4.78, 5) is 20.2. The summed E-state index contributed by atoms with van der Waals surface area (Å²) >= 11 is 0. The van der Waals surface area contributed by atoms with Crippen LogP contribution in [0.15, 0.2) is 55.0 Å². The monoisotopic (exact) mass is 355 g/mol. The van der Waals surface area contributed by atoms with Gasteiger partial charge in [-0.05, 0) is 47.4 Å². The summed E-state index contributed by atoms with van der Waals surface area (Å²) in [6.07, 6.45) is 4.81. The van der Waals surface area contributed by atoms with Gasteiger partial charge in [-0.2, -0.15) is 0 Å². The fourth-order valence-electron chi connectivity index (χ4n) is 2.38. The van der Waals surface area contributed by atoms with Crippen molar-refractivity contribution in [3.8, 4) is 0 Å². The lowest BCUT2D eigenvalue weighted by molar-refractivity contribution is 0.102. The zero-order chi connectivity index (χ0) is 18.5. The van der Waals surface area contributed by atoms with E-state index in [1.54, 1.807) is 24.4 Å². The molecule has 0 radical (unpaired) electrons. The first kappa shape index (κ1) is 17.6. The molecule has 0 aliphatic carbocycles. The van der Waals surface area contributed by atoms with Crippen LogP contribution in [0.5, 0.6) is 0 Å². The molecule has 5 nitrogen and oxygen atoms in total. The van der Waals surface area contributed by atoms with Crippen molar-refractivity contribution >= 4 is 11.7 Å². The van der Waals surface area contributed by atoms with Gasteiger partial charge in [0.05, 0.1) is 12.2 Å². The third-order valence-corrected chi connectivity index (χ3v) is 3.70. The Morgan fingerprint density at radius 1 is 0.962 bits per heavy atom. The second-order valence-electron chi connectivity index (χ2n) is 5.67. The van der Waals surface area contributed by atoms with Crippen molar-refractivity contribution in [2.24, 2.45) is 0 Å². The second-order valence-corrected chi connectivity index (χ2v) is 5.67. The average molecular weight is 355 g/mol. The number of anilines is 1. The number of nitrogens with one attached hydrogen (secondary N) is 1. The van der Waals surface area contributed by atoms with E-state index in [-0.39, 0.29) is 6.61 Å². The summed E-state index contributed by atoms with van der Waals surface area (Å²) < 4.78 is 26.2. The predicted octanol–water partition coefficient (Wildman–Crippen LogP) is 3.09. The smallest absolute Gasteiger partial charge is 0.258 e. The van der Waals surface area contributed by atoms with Crippen LogP contribution in [-0.4, -0.2) is 21.0 Å². The summed E-state index contributed by atoms with van der Waals surface area (Å²) in [6, 6.07) is 8.64. The Kier molecular flexibility index (Phi) is 5.28. The van der Waals surface area contributed by atoms with Crippen molar-refractivity contribution in [2.75, 3.05) is 5.32 Å². The third-order valence-electron chi connectivity index (χ3n) is 3.70. The van der Waals surface area contributed by atoms with Gasteiger partial charge in [0.1, 0.15) is 5.82 Å². The van der Waals surface area contributed by atoms with Gasteiger partial charge in [-0.3, -0.25) is 9.78 Å². The Hall–Kier alpha value is -3.19. The van der Waals surface area contributed by atoms with Crippen LogP contribution < -0.4 is 5.32 Å². The largest absolute Gasteiger partial charge is 0.392 e. The predicted molar refractivity (Wildman–Crippen MR) is 91.5 cm³/mol. The molecule has 0 spiro atoms. The minimum absolute atomic E-state index is 0.203. The molecule has 0 aliphatic heterocycles. The van der Waals surface area contributed by atoms with Crippen molar-refractivity contribution in [1.29, 1.82) is 0 Å². The van der Waals surface area contributed by atoms with E-state index < -0.39 is 17.5 Å². The van der Waals surface area contributed by atoms with E-state index in [1.807, 2.05) is 0 Å². The molecule has 0 unspecified atom stereocenters. The number of amides is 1. The molecule has 1 amide bonds. The number of aliphatic hydroxyl groups excluding tert-OH is 1. The number of carbonyl (C=O) groups excluding carboxylic acids is 1. The Morgan fingerprint density at radius 3 is 2.46 bits per heavy atom. The normalized spacial score (nSPS) is 10.6. The Labute approximate surface area is 148 Å². The van der Waals surface area contributed by atoms with Crippen LogP contribution in [0.4, 0.5) is 14.6 Å². The summed E-state index contributed by atoms with van der Waals surface area (Å²) in [7, 11) is 0. The van der Waals surface area contributed by atoms with Gasteiger partial charge in [-0.1, -0.05) is 12.1 Å². The van der Waals surface area contributed by atoms with E-state index in [2.05, 4.69) is 15.3 Å². The number of halogens is 2. The fraction of sp³-hybridized carbons (Fsp3) is 0.105. The first-order valence-electron chi connectivity index (χ1n) is 7.80. The van der Waals surface area contributed by atoms with Gasteiger partial charge in [-0.25, -0.2) is 13.8 Å². The van der Waals surface area contributed by atoms with Crippen LogP contribution in [-0.2, 0) is 13.0 Å². The zero-order valence-corrected chi connectivity index (χ0v) is 13.6. The van der Waals surface area contributed by atoms with Gasteiger partial charge in [0, 0.05) is 18.6 Å². The van der Waals surface area contributed by atoms with Gasteiger partial charge < -0.3 is 10.4 Å². The first-order valence-corrected chi connectivity index (χ1v) is 7.80. The van der Waals surface area contributed by atoms with E-state index in [4.69, 9.17) is 5.11 Å². The minimum atomic E-state index is -0.891. The van der Waals surface area contributed by atoms with E-state index >= 15 is 0 Å². The number of hydrogen-bond acceptors (Lipinski definition) is 4. The van der Waals surface area contributed by atoms with E-state index in [9.17, 15) is 13.6 Å². The highest BCUT2D eigenvalue weighted by molar-refractivity contribution is 6.03. The molecule has 1 aromatic carbocycles. The van der Waals surface area contributed by atoms with Crippen molar-refractivity contribution in [3.63, 3.8) is 0 Å². The van der Waals surface area contributed by atoms with Crippen LogP contribution in [0.2, 0.25) is 0 Å². The number of aromatic nitrogens is 2. The lowest BCUT2D eigenvalue weighted by Gasteiger charge is -2.07. The molecule has 0 fully saturated rings. The van der Waals surface area contributed by atoms with E-state index in [0.717, 1.165) is 17.7 Å². The standard InChI is InChI=1S/C19H15F2N3O2/c20-16-3-1-12(7-17(16)21)5-13-2-4-18(23-9-13)24-19(26)15-6-14(11-25)8-22-10-15/h1-4,6-10,25H,5,11H2,(H,23,24,26). The molecule has 0 saturated carbocycles. The molecule has 2 N–H and O–H groups in total. The van der Waals surface area contributed by atoms with Crippen LogP contribution >= 0.6 is 0 Å². The van der Waals surface area contributed by atoms with Crippen LogP contribution in [0, 0.1) is 11.6 Å². The molecule has 2 aromatic heterocycles. The lowest BCUT2D eigenvalue weighted by atomic mass is 10.1. The number of nitrogens with zero attached hydrogens (tertiary/aromatic N) is 2. The van der Waals surface area contributed by atoms with Gasteiger partial charge in [0.2, 0.25) is 0 Å². The summed E-state index contributed by atoms with van der Waals surface area (Å²) in [5.41, 5.74) is 2.25. The maximum absolute atomic E-state index is 13.2. The van der Waals surface area contributed by atoms with Crippen molar-refractivity contribution in [1.82, 2.24) is 9.97 Å². The number of pyridine rings is 2. The molecule has 0 saturated heterocycles. The molecular formula is C19H15F2N3O2. The Bertz CT molecular complexity index is 930. The summed E-state index contributed by atoms with van der Waals surface area (Å²) in [6.45, 7) is -0.203. The molecule has 26 heavy (non-hydrogen) atoms. The highest BCUT2D eigenvalue weighted by Gasteiger charge is 2.09. The molecule has 132 valence electrons. The number of rotatable bonds is 5. The summed E-state index contributed by atoms with van der Waals surface area (Å²) in [5, 5.41) is 11.7. The van der Waals surface area contributed by atoms with Crippen LogP contribution in [0.1, 0.15) is 27.0 Å². The van der Waals surface area contributed by atoms with Crippen molar-refractivity contribution < 1.29 is 18.7 Å². The SMILES string of the molecule is O=C(Nc1ccc(Cc2ccc(F)c(F)c2)cn1)c1cncc(CO)c1. The van der Waals surface area contributed by atoms with E-state index in [0.29, 0.717) is 28.9 Å². The number of hydrogen-bond donors (Lipinski definition) is 2. The van der Waals surface area contributed by atoms with E-state index in [1.165, 1.54) is 18.5 Å². The molecule has 0 aliphatic rings. The van der Waals surface area contributed by atoms with Gasteiger partial charge in [0.25, 0.3) is 5.91 Å². The zero-order valence-electron chi connectivity index (χ0n) is 13.6. The second kappa shape index (κ2) is 7.79. The van der Waals surface area contributed by atoms with Gasteiger partial charge in [0.15, 0.2) is 11.6 Å². The van der Waals surface area contributed by atoms with Crippen molar-refractivity contribution in [2.45, 2.75) is 13.0 Å². The minimum Gasteiger partial charge on any atom is -0.392 e. The third kappa shape index (κ3) is 4.25. The Balaban J connectivity index is 1.67. The van der Waals surface area contributed by atoms with Gasteiger partial charge in [-0.15, -0.1) is 0 Å². The molecule has 0 bridgehead atoms. The molecule has 3 rings (SSSR count).